The summed E-state index contributed by atoms with van der Waals surface area (Å²) in [5.74, 6) is -2.23. The van der Waals surface area contributed by atoms with Crippen LogP contribution < -0.4 is 0 Å². The van der Waals surface area contributed by atoms with Crippen LogP contribution in [0.25, 0.3) is 0 Å². The molecular formula is C81H140O17P2. The maximum atomic E-state index is 13.1. The molecular weight excluding hydrogens is 1310 g/mol. The molecule has 576 valence electrons. The molecule has 0 rings (SSSR count). The Morgan fingerprint density at radius 3 is 0.870 bits per heavy atom. The van der Waals surface area contributed by atoms with Gasteiger partial charge in [0.15, 0.2) is 12.2 Å². The lowest BCUT2D eigenvalue weighted by atomic mass is 10.0. The van der Waals surface area contributed by atoms with E-state index >= 15 is 0 Å². The van der Waals surface area contributed by atoms with Crippen LogP contribution in [0.15, 0.2) is 109 Å². The lowest BCUT2D eigenvalue weighted by Gasteiger charge is -2.21. The molecule has 0 saturated heterocycles. The lowest BCUT2D eigenvalue weighted by molar-refractivity contribution is -0.161. The molecule has 0 amide bonds. The van der Waals surface area contributed by atoms with E-state index in [4.69, 9.17) is 37.0 Å². The number of carbonyl (C=O) groups excluding carboxylic acids is 4. The Morgan fingerprint density at radius 1 is 0.290 bits per heavy atom. The first kappa shape index (κ1) is 95.7. The molecule has 5 unspecified atom stereocenters. The quantitative estimate of drug-likeness (QED) is 0.0169. The van der Waals surface area contributed by atoms with Gasteiger partial charge in [-0.1, -0.05) is 278 Å². The Kier molecular flexibility index (Phi) is 69.9. The first-order valence-corrected chi connectivity index (χ1v) is 42.1. The van der Waals surface area contributed by atoms with E-state index in [2.05, 4.69) is 137 Å². The van der Waals surface area contributed by atoms with E-state index in [-0.39, 0.29) is 25.7 Å². The monoisotopic (exact) mass is 1450 g/mol. The number of aliphatic hydroxyl groups excluding tert-OH is 1. The molecule has 0 aliphatic heterocycles. The van der Waals surface area contributed by atoms with E-state index in [9.17, 15) is 43.2 Å². The third kappa shape index (κ3) is 72.1. The van der Waals surface area contributed by atoms with E-state index in [0.717, 1.165) is 173 Å². The number of allylic oxidation sites excluding steroid dienone is 18. The van der Waals surface area contributed by atoms with Crippen molar-refractivity contribution >= 4 is 39.5 Å². The van der Waals surface area contributed by atoms with E-state index in [1.165, 1.54) is 70.6 Å². The van der Waals surface area contributed by atoms with Crippen molar-refractivity contribution in [3.63, 3.8) is 0 Å². The summed E-state index contributed by atoms with van der Waals surface area (Å²) in [4.78, 5) is 72.9. The van der Waals surface area contributed by atoms with Crippen molar-refractivity contribution in [2.75, 3.05) is 39.6 Å². The molecule has 0 saturated carbocycles. The van der Waals surface area contributed by atoms with Gasteiger partial charge in [-0.05, 0) is 128 Å². The van der Waals surface area contributed by atoms with Gasteiger partial charge in [-0.15, -0.1) is 0 Å². The predicted octanol–water partition coefficient (Wildman–Crippen LogP) is 22.6. The zero-order valence-electron chi connectivity index (χ0n) is 62.8. The molecule has 0 spiro atoms. The minimum absolute atomic E-state index is 0.0697. The van der Waals surface area contributed by atoms with Crippen LogP contribution in [0.2, 0.25) is 0 Å². The Morgan fingerprint density at radius 2 is 0.540 bits per heavy atom. The van der Waals surface area contributed by atoms with Gasteiger partial charge in [0.1, 0.15) is 19.3 Å². The van der Waals surface area contributed by atoms with Crippen LogP contribution in [-0.4, -0.2) is 96.7 Å². The fourth-order valence-electron chi connectivity index (χ4n) is 10.3. The number of hydrogen-bond acceptors (Lipinski definition) is 15. The lowest BCUT2D eigenvalue weighted by Crippen LogP contribution is -2.30. The van der Waals surface area contributed by atoms with Crippen molar-refractivity contribution in [2.45, 2.75) is 341 Å². The van der Waals surface area contributed by atoms with Gasteiger partial charge in [0.25, 0.3) is 0 Å². The number of esters is 4. The Labute approximate surface area is 607 Å². The van der Waals surface area contributed by atoms with E-state index in [1.807, 2.05) is 0 Å². The van der Waals surface area contributed by atoms with Crippen molar-refractivity contribution in [3.8, 4) is 0 Å². The van der Waals surface area contributed by atoms with Gasteiger partial charge in [0, 0.05) is 25.7 Å². The third-order valence-corrected chi connectivity index (χ3v) is 18.1. The molecule has 0 heterocycles. The van der Waals surface area contributed by atoms with Crippen molar-refractivity contribution in [1.29, 1.82) is 0 Å². The van der Waals surface area contributed by atoms with Gasteiger partial charge >= 0.3 is 39.5 Å². The second-order valence-electron chi connectivity index (χ2n) is 25.9. The van der Waals surface area contributed by atoms with Crippen LogP contribution >= 0.6 is 15.6 Å². The van der Waals surface area contributed by atoms with E-state index in [0.29, 0.717) is 25.7 Å². The van der Waals surface area contributed by atoms with E-state index < -0.39 is 97.5 Å². The standard InChI is InChI=1S/C81H140O17P2/c1-5-9-13-17-21-25-29-33-35-36-37-38-40-44-46-50-54-58-62-66-79(84)92-72-77(98-81(86)68-64-60-56-52-48-42-32-28-24-20-16-12-8-4)74-96-100(89,90)94-70-75(82)69-93-99(87,88)95-73-76(97-80(85)67-63-59-55-51-47-41-31-27-23-19-15-11-7-3)71-91-78(83)65-61-57-53-49-45-43-39-34-30-26-22-18-14-10-6-2/h9,13,16,20-22,25-26,28,32-35,37-39,44,46,75-77,82H,5-8,10-12,14-15,17-19,23-24,27,29-31,36,40-43,45,47-74H2,1-4H3,(H,87,88)(H,89,90)/b13-9-,20-16-,25-21-,26-22-,32-28-,35-33-,38-37-,39-34-,46-44-. The summed E-state index contributed by atoms with van der Waals surface area (Å²) < 4.78 is 68.5. The predicted molar refractivity (Wildman–Crippen MR) is 408 cm³/mol. The van der Waals surface area contributed by atoms with Crippen LogP contribution in [-0.2, 0) is 65.4 Å². The normalized spacial score (nSPS) is 14.5. The molecule has 0 aromatic carbocycles. The molecule has 0 radical (unpaired) electrons. The Balaban J connectivity index is 5.37. The van der Waals surface area contributed by atoms with Crippen molar-refractivity contribution in [1.82, 2.24) is 0 Å². The molecule has 0 aliphatic rings. The summed E-state index contributed by atoms with van der Waals surface area (Å²) in [5.41, 5.74) is 0. The highest BCUT2D eigenvalue weighted by Crippen LogP contribution is 2.45. The number of carbonyl (C=O) groups is 4. The van der Waals surface area contributed by atoms with Crippen molar-refractivity contribution in [3.05, 3.63) is 109 Å². The number of rotatable bonds is 73. The van der Waals surface area contributed by atoms with Crippen molar-refractivity contribution < 1.29 is 80.2 Å². The molecule has 3 N–H and O–H groups in total. The molecule has 0 aromatic heterocycles. The highest BCUT2D eigenvalue weighted by Gasteiger charge is 2.30. The molecule has 100 heavy (non-hydrogen) atoms. The average molecular weight is 1450 g/mol. The first-order chi connectivity index (χ1) is 48.7. The van der Waals surface area contributed by atoms with Gasteiger partial charge in [-0.2, -0.15) is 0 Å². The molecule has 17 nitrogen and oxygen atoms in total. The molecule has 0 fully saturated rings. The summed E-state index contributed by atoms with van der Waals surface area (Å²) in [6.07, 6.45) is 77.8. The molecule has 0 bridgehead atoms. The van der Waals surface area contributed by atoms with Gasteiger partial charge in [-0.25, -0.2) is 9.13 Å². The Bertz CT molecular complexity index is 2320. The number of aliphatic hydroxyl groups is 1. The highest BCUT2D eigenvalue weighted by atomic mass is 31.2. The second kappa shape index (κ2) is 73.0. The number of ether oxygens (including phenoxy) is 4. The van der Waals surface area contributed by atoms with Crippen LogP contribution in [0.3, 0.4) is 0 Å². The molecule has 0 aliphatic carbocycles. The van der Waals surface area contributed by atoms with Gasteiger partial charge in [0.05, 0.1) is 26.4 Å². The summed E-state index contributed by atoms with van der Waals surface area (Å²) in [5, 5.41) is 10.6. The second-order valence-corrected chi connectivity index (χ2v) is 28.8. The fraction of sp³-hybridized carbons (Fsp3) is 0.728. The summed E-state index contributed by atoms with van der Waals surface area (Å²) in [6.45, 7) is 4.62. The number of phosphoric acid groups is 2. The van der Waals surface area contributed by atoms with Gasteiger partial charge in [0.2, 0.25) is 0 Å². The SMILES string of the molecule is CC/C=C\C/C=C\C/C=C\C/C=C\C/C=C\CCCCCC(=O)OCC(COP(=O)(O)OCC(O)COP(=O)(O)OCC(COC(=O)CCCCCCC/C=C\C/C=C\CCCCC)OC(=O)CCCCCCCCCCCCCCC)OC(=O)CCCCCCC/C=C\C/C=C\CCC. The van der Waals surface area contributed by atoms with Crippen LogP contribution in [0.4, 0.5) is 0 Å². The van der Waals surface area contributed by atoms with Crippen LogP contribution in [0, 0.1) is 0 Å². The molecule has 5 atom stereocenters. The maximum Gasteiger partial charge on any atom is 0.472 e. The van der Waals surface area contributed by atoms with E-state index in [1.54, 1.807) is 0 Å². The van der Waals surface area contributed by atoms with Gasteiger partial charge in [-0.3, -0.25) is 37.3 Å². The number of hydrogen-bond donors (Lipinski definition) is 3. The van der Waals surface area contributed by atoms with Crippen molar-refractivity contribution in [2.24, 2.45) is 0 Å². The highest BCUT2D eigenvalue weighted by molar-refractivity contribution is 7.47. The number of phosphoric ester groups is 2. The molecule has 19 heteroatoms. The zero-order chi connectivity index (χ0) is 73.2. The van der Waals surface area contributed by atoms with Crippen LogP contribution in [0.5, 0.6) is 0 Å². The fourth-order valence-corrected chi connectivity index (χ4v) is 11.8. The smallest absolute Gasteiger partial charge is 0.462 e. The number of unbranched alkanes of at least 4 members (excludes halogenated alkanes) is 29. The topological polar surface area (TPSA) is 237 Å². The van der Waals surface area contributed by atoms with Crippen LogP contribution in [0.1, 0.15) is 323 Å². The third-order valence-electron chi connectivity index (χ3n) is 16.2. The molecule has 0 aromatic rings. The summed E-state index contributed by atoms with van der Waals surface area (Å²) >= 11 is 0. The summed E-state index contributed by atoms with van der Waals surface area (Å²) in [7, 11) is -9.96. The Hall–Kier alpha value is -4.28. The zero-order valence-corrected chi connectivity index (χ0v) is 64.6. The maximum absolute atomic E-state index is 13.1. The summed E-state index contributed by atoms with van der Waals surface area (Å²) in [6, 6.07) is 0. The largest absolute Gasteiger partial charge is 0.472 e. The minimum atomic E-state index is -4.99. The van der Waals surface area contributed by atoms with Gasteiger partial charge < -0.3 is 33.8 Å². The first-order valence-electron chi connectivity index (χ1n) is 39.1. The minimum Gasteiger partial charge on any atom is -0.462 e. The average Bonchev–Trinajstić information content (AvgIpc) is 0.935.